The Balaban J connectivity index is 1.83. The molecule has 0 aliphatic heterocycles. The van der Waals surface area contributed by atoms with E-state index in [2.05, 4.69) is 22.0 Å². The van der Waals surface area contributed by atoms with Crippen LogP contribution in [0.1, 0.15) is 47.9 Å². The first-order valence-corrected chi connectivity index (χ1v) is 11.1. The van der Waals surface area contributed by atoms with E-state index >= 15 is 0 Å². The molecule has 33 heavy (non-hydrogen) atoms. The van der Waals surface area contributed by atoms with Crippen molar-refractivity contribution in [2.24, 2.45) is 0 Å². The molecular weight excluding hydrogens is 467 g/mol. The standard InChI is InChI=1S/C22H22Cl2N6O3/c1-5-17(13-7-8-15(23)16(24)9-13)30-19-18(12(3)28-30)26-22(27-20(19)32-4)29-11-14(10-25-29)21(31)33-6-2/h7-11,17H,5-6H2,1-4H3/t17-/m0/s1. The summed E-state index contributed by atoms with van der Waals surface area (Å²) in [7, 11) is 1.53. The molecule has 1 aromatic carbocycles. The van der Waals surface area contributed by atoms with Crippen molar-refractivity contribution in [1.29, 1.82) is 0 Å². The number of aryl methyl sites for hydroxylation is 1. The van der Waals surface area contributed by atoms with E-state index in [-0.39, 0.29) is 18.6 Å². The molecule has 0 aliphatic carbocycles. The fraction of sp³-hybridized carbons (Fsp3) is 0.318. The van der Waals surface area contributed by atoms with Gasteiger partial charge in [-0.05, 0) is 38.0 Å². The van der Waals surface area contributed by atoms with Gasteiger partial charge in [0.25, 0.3) is 5.95 Å². The molecule has 0 spiro atoms. The van der Waals surface area contributed by atoms with E-state index in [1.165, 1.54) is 24.2 Å². The van der Waals surface area contributed by atoms with Crippen LogP contribution in [0.25, 0.3) is 17.0 Å². The molecule has 11 heteroatoms. The largest absolute Gasteiger partial charge is 0.479 e. The number of methoxy groups -OCH3 is 1. The summed E-state index contributed by atoms with van der Waals surface area (Å²) in [5.74, 6) is 0.121. The maximum Gasteiger partial charge on any atom is 0.341 e. The number of nitrogens with zero attached hydrogens (tertiary/aromatic N) is 6. The van der Waals surface area contributed by atoms with Gasteiger partial charge in [-0.3, -0.25) is 0 Å². The summed E-state index contributed by atoms with van der Waals surface area (Å²) in [4.78, 5) is 21.2. The zero-order valence-electron chi connectivity index (χ0n) is 18.5. The Kier molecular flexibility index (Phi) is 6.53. The van der Waals surface area contributed by atoms with Crippen LogP contribution in [-0.2, 0) is 4.74 Å². The monoisotopic (exact) mass is 488 g/mol. The third-order valence-corrected chi connectivity index (χ3v) is 5.91. The molecule has 0 aliphatic rings. The average molecular weight is 489 g/mol. The van der Waals surface area contributed by atoms with Gasteiger partial charge in [-0.1, -0.05) is 36.2 Å². The second-order valence-corrected chi connectivity index (χ2v) is 8.07. The number of halogens is 2. The molecule has 4 rings (SSSR count). The van der Waals surface area contributed by atoms with Crippen LogP contribution in [0, 0.1) is 6.92 Å². The predicted octanol–water partition coefficient (Wildman–Crippen LogP) is 4.81. The SMILES string of the molecule is CCOC(=O)c1cnn(-c2nc(OC)c3c(n2)c(C)nn3[C@@H](CC)c2ccc(Cl)c(Cl)c2)c1. The van der Waals surface area contributed by atoms with Crippen LogP contribution in [0.2, 0.25) is 10.0 Å². The topological polar surface area (TPSA) is 96.9 Å². The van der Waals surface area contributed by atoms with Gasteiger partial charge >= 0.3 is 5.97 Å². The molecule has 0 N–H and O–H groups in total. The molecular formula is C22H22Cl2N6O3. The van der Waals surface area contributed by atoms with Gasteiger partial charge in [0.2, 0.25) is 5.88 Å². The molecule has 3 aromatic heterocycles. The Morgan fingerprint density at radius 2 is 1.97 bits per heavy atom. The molecule has 0 unspecified atom stereocenters. The maximum absolute atomic E-state index is 12.0. The number of ether oxygens (including phenoxy) is 2. The van der Waals surface area contributed by atoms with Crippen LogP contribution in [0.4, 0.5) is 0 Å². The first-order valence-electron chi connectivity index (χ1n) is 10.4. The van der Waals surface area contributed by atoms with Crippen molar-refractivity contribution >= 4 is 40.2 Å². The normalized spacial score (nSPS) is 12.2. The Labute approximate surface area is 200 Å². The molecule has 1 atom stereocenters. The molecule has 9 nitrogen and oxygen atoms in total. The van der Waals surface area contributed by atoms with E-state index in [1.807, 2.05) is 23.7 Å². The van der Waals surface area contributed by atoms with Gasteiger partial charge in [0.15, 0.2) is 0 Å². The number of hydrogen-bond donors (Lipinski definition) is 0. The summed E-state index contributed by atoms with van der Waals surface area (Å²) in [6.45, 7) is 5.93. The summed E-state index contributed by atoms with van der Waals surface area (Å²) in [5, 5.41) is 9.92. The number of carbonyl (C=O) groups excluding carboxylic acids is 1. The van der Waals surface area contributed by atoms with Crippen LogP contribution in [0.5, 0.6) is 5.88 Å². The van der Waals surface area contributed by atoms with Gasteiger partial charge in [0.1, 0.15) is 11.0 Å². The first-order chi connectivity index (χ1) is 15.9. The fourth-order valence-corrected chi connectivity index (χ4v) is 3.94. The summed E-state index contributed by atoms with van der Waals surface area (Å²) >= 11 is 12.4. The van der Waals surface area contributed by atoms with Crippen LogP contribution in [-0.4, -0.2) is 49.2 Å². The number of carbonyl (C=O) groups is 1. The molecule has 0 saturated carbocycles. The predicted molar refractivity (Wildman–Crippen MR) is 125 cm³/mol. The summed E-state index contributed by atoms with van der Waals surface area (Å²) in [5.41, 5.74) is 3.22. The lowest BCUT2D eigenvalue weighted by molar-refractivity contribution is 0.0526. The number of rotatable bonds is 7. The van der Waals surface area contributed by atoms with E-state index in [1.54, 1.807) is 13.0 Å². The lowest BCUT2D eigenvalue weighted by Gasteiger charge is -2.18. The number of benzene rings is 1. The van der Waals surface area contributed by atoms with E-state index in [4.69, 9.17) is 37.8 Å². The van der Waals surface area contributed by atoms with Gasteiger partial charge in [0.05, 0.1) is 47.3 Å². The van der Waals surface area contributed by atoms with Crippen molar-refractivity contribution in [2.75, 3.05) is 13.7 Å². The van der Waals surface area contributed by atoms with Crippen molar-refractivity contribution in [3.05, 3.63) is 57.5 Å². The van der Waals surface area contributed by atoms with Gasteiger partial charge in [-0.2, -0.15) is 15.2 Å². The van der Waals surface area contributed by atoms with Crippen molar-refractivity contribution in [2.45, 2.75) is 33.2 Å². The molecule has 172 valence electrons. The molecule has 0 saturated heterocycles. The lowest BCUT2D eigenvalue weighted by atomic mass is 10.0. The Morgan fingerprint density at radius 3 is 2.64 bits per heavy atom. The Morgan fingerprint density at radius 1 is 1.18 bits per heavy atom. The lowest BCUT2D eigenvalue weighted by Crippen LogP contribution is -2.13. The van der Waals surface area contributed by atoms with Crippen molar-refractivity contribution in [3.8, 4) is 11.8 Å². The van der Waals surface area contributed by atoms with Crippen molar-refractivity contribution in [1.82, 2.24) is 29.5 Å². The molecule has 0 radical (unpaired) electrons. The molecule has 0 fully saturated rings. The first kappa shape index (κ1) is 23.0. The molecule has 0 amide bonds. The minimum Gasteiger partial charge on any atom is -0.479 e. The molecule has 3 heterocycles. The Bertz CT molecular complexity index is 1330. The highest BCUT2D eigenvalue weighted by Crippen LogP contribution is 2.34. The highest BCUT2D eigenvalue weighted by atomic mass is 35.5. The van der Waals surface area contributed by atoms with Gasteiger partial charge in [0, 0.05) is 6.20 Å². The minimum absolute atomic E-state index is 0.139. The second kappa shape index (κ2) is 9.36. The maximum atomic E-state index is 12.0. The zero-order valence-corrected chi connectivity index (χ0v) is 20.1. The second-order valence-electron chi connectivity index (χ2n) is 7.25. The van der Waals surface area contributed by atoms with Gasteiger partial charge < -0.3 is 9.47 Å². The summed E-state index contributed by atoms with van der Waals surface area (Å²) < 4.78 is 13.9. The average Bonchev–Trinajstić information content (AvgIpc) is 3.42. The molecule has 0 bridgehead atoms. The van der Waals surface area contributed by atoms with Crippen LogP contribution in [0.3, 0.4) is 0 Å². The van der Waals surface area contributed by atoms with E-state index in [0.717, 1.165) is 12.0 Å². The van der Waals surface area contributed by atoms with E-state index < -0.39 is 5.97 Å². The van der Waals surface area contributed by atoms with E-state index in [0.29, 0.717) is 38.2 Å². The third kappa shape index (κ3) is 4.26. The van der Waals surface area contributed by atoms with E-state index in [9.17, 15) is 4.79 Å². The van der Waals surface area contributed by atoms with Crippen LogP contribution in [0.15, 0.2) is 30.6 Å². The highest BCUT2D eigenvalue weighted by Gasteiger charge is 2.24. The number of hydrogen-bond acceptors (Lipinski definition) is 7. The highest BCUT2D eigenvalue weighted by molar-refractivity contribution is 6.42. The third-order valence-electron chi connectivity index (χ3n) is 5.17. The van der Waals surface area contributed by atoms with Crippen molar-refractivity contribution in [3.63, 3.8) is 0 Å². The zero-order chi connectivity index (χ0) is 23.7. The van der Waals surface area contributed by atoms with Crippen LogP contribution < -0.4 is 4.74 Å². The summed E-state index contributed by atoms with van der Waals surface area (Å²) in [6.07, 6.45) is 3.66. The minimum atomic E-state index is -0.465. The smallest absolute Gasteiger partial charge is 0.341 e. The number of esters is 1. The van der Waals surface area contributed by atoms with Gasteiger partial charge in [-0.25, -0.2) is 19.1 Å². The van der Waals surface area contributed by atoms with Crippen LogP contribution >= 0.6 is 23.2 Å². The number of aromatic nitrogens is 6. The molecule has 4 aromatic rings. The Hall–Kier alpha value is -3.17. The number of fused-ring (bicyclic) bond motifs is 1. The summed E-state index contributed by atoms with van der Waals surface area (Å²) in [6, 6.07) is 5.39. The van der Waals surface area contributed by atoms with Gasteiger partial charge in [-0.15, -0.1) is 0 Å². The quantitative estimate of drug-likeness (QED) is 0.344. The fourth-order valence-electron chi connectivity index (χ4n) is 3.63. The van der Waals surface area contributed by atoms with Crippen molar-refractivity contribution < 1.29 is 14.3 Å².